The second-order valence-corrected chi connectivity index (χ2v) is 4.45. The molecule has 0 heterocycles. The molecular formula is C13H20N2. The van der Waals surface area contributed by atoms with Gasteiger partial charge < -0.3 is 10.6 Å². The van der Waals surface area contributed by atoms with Crippen LogP contribution in [0.3, 0.4) is 0 Å². The minimum atomic E-state index is 0.547. The Kier molecular flexibility index (Phi) is 3.75. The van der Waals surface area contributed by atoms with E-state index in [-0.39, 0.29) is 0 Å². The monoisotopic (exact) mass is 204 g/mol. The summed E-state index contributed by atoms with van der Waals surface area (Å²) >= 11 is 0. The van der Waals surface area contributed by atoms with E-state index in [1.807, 2.05) is 0 Å². The van der Waals surface area contributed by atoms with Crippen molar-refractivity contribution in [3.05, 3.63) is 35.9 Å². The van der Waals surface area contributed by atoms with Crippen molar-refractivity contribution < 1.29 is 0 Å². The van der Waals surface area contributed by atoms with Crippen LogP contribution >= 0.6 is 0 Å². The zero-order chi connectivity index (χ0) is 10.5. The molecule has 0 bridgehead atoms. The van der Waals surface area contributed by atoms with Gasteiger partial charge in [0.1, 0.15) is 0 Å². The van der Waals surface area contributed by atoms with Crippen molar-refractivity contribution in [1.29, 1.82) is 0 Å². The van der Waals surface area contributed by atoms with Gasteiger partial charge in [-0.2, -0.15) is 0 Å². The second-order valence-electron chi connectivity index (χ2n) is 4.45. The molecule has 1 aromatic rings. The zero-order valence-corrected chi connectivity index (χ0v) is 9.37. The van der Waals surface area contributed by atoms with Gasteiger partial charge in [-0.15, -0.1) is 0 Å². The van der Waals surface area contributed by atoms with Gasteiger partial charge >= 0.3 is 0 Å². The van der Waals surface area contributed by atoms with E-state index < -0.39 is 0 Å². The highest BCUT2D eigenvalue weighted by Crippen LogP contribution is 2.18. The summed E-state index contributed by atoms with van der Waals surface area (Å²) in [6.07, 6.45) is 2.73. The molecule has 2 heteroatoms. The Hall–Kier alpha value is -0.860. The number of rotatable bonds is 6. The number of hydrogen-bond acceptors (Lipinski definition) is 2. The first-order valence-electron chi connectivity index (χ1n) is 5.85. The summed E-state index contributed by atoms with van der Waals surface area (Å²) in [7, 11) is 0. The molecule has 2 rings (SSSR count). The van der Waals surface area contributed by atoms with Gasteiger partial charge in [-0.1, -0.05) is 30.3 Å². The van der Waals surface area contributed by atoms with Crippen LogP contribution in [0.1, 0.15) is 25.3 Å². The molecule has 1 aliphatic rings. The van der Waals surface area contributed by atoms with Crippen LogP contribution in [0.15, 0.2) is 30.3 Å². The molecule has 1 fully saturated rings. The summed E-state index contributed by atoms with van der Waals surface area (Å²) in [4.78, 5) is 0. The molecule has 82 valence electrons. The van der Waals surface area contributed by atoms with Gasteiger partial charge in [0.05, 0.1) is 0 Å². The first-order valence-corrected chi connectivity index (χ1v) is 5.85. The molecule has 1 saturated carbocycles. The molecular weight excluding hydrogens is 184 g/mol. The Labute approximate surface area is 92.1 Å². The highest BCUT2D eigenvalue weighted by atomic mass is 15.0. The average Bonchev–Trinajstić information content (AvgIpc) is 3.09. The van der Waals surface area contributed by atoms with E-state index in [0.717, 1.165) is 19.1 Å². The molecule has 1 aliphatic carbocycles. The summed E-state index contributed by atoms with van der Waals surface area (Å²) in [5.41, 5.74) is 1.36. The normalized spacial score (nSPS) is 17.7. The van der Waals surface area contributed by atoms with E-state index in [1.165, 1.54) is 18.4 Å². The van der Waals surface area contributed by atoms with E-state index >= 15 is 0 Å². The summed E-state index contributed by atoms with van der Waals surface area (Å²) in [5.74, 6) is 0. The third-order valence-electron chi connectivity index (χ3n) is 2.79. The second kappa shape index (κ2) is 5.29. The van der Waals surface area contributed by atoms with Crippen molar-refractivity contribution in [3.63, 3.8) is 0 Å². The molecule has 1 atom stereocenters. The first kappa shape index (κ1) is 10.7. The Morgan fingerprint density at radius 3 is 2.67 bits per heavy atom. The van der Waals surface area contributed by atoms with Crippen molar-refractivity contribution in [1.82, 2.24) is 10.6 Å². The van der Waals surface area contributed by atoms with Crippen LogP contribution in [0.25, 0.3) is 0 Å². The molecule has 1 aromatic carbocycles. The molecule has 2 N–H and O–H groups in total. The topological polar surface area (TPSA) is 24.1 Å². The number of hydrogen-bond donors (Lipinski definition) is 2. The largest absolute Gasteiger partial charge is 0.312 e. The molecule has 2 nitrogen and oxygen atoms in total. The summed E-state index contributed by atoms with van der Waals surface area (Å²) in [5, 5.41) is 7.05. The first-order chi connectivity index (χ1) is 7.34. The number of nitrogens with one attached hydrogen (secondary N) is 2. The van der Waals surface area contributed by atoms with Crippen molar-refractivity contribution in [3.8, 4) is 0 Å². The lowest BCUT2D eigenvalue weighted by Crippen LogP contribution is -2.36. The van der Waals surface area contributed by atoms with Crippen LogP contribution < -0.4 is 10.6 Å². The molecule has 0 saturated heterocycles. The lowest BCUT2D eigenvalue weighted by molar-refractivity contribution is 0.500. The predicted molar refractivity (Wildman–Crippen MR) is 63.8 cm³/mol. The van der Waals surface area contributed by atoms with Gasteiger partial charge in [0.25, 0.3) is 0 Å². The van der Waals surface area contributed by atoms with Gasteiger partial charge in [0, 0.05) is 25.2 Å². The highest BCUT2D eigenvalue weighted by molar-refractivity contribution is 5.14. The molecule has 0 spiro atoms. The SMILES string of the molecule is CC(CNC1CC1)NCc1ccccc1. The maximum absolute atomic E-state index is 3.53. The standard InChI is InChI=1S/C13H20N2/c1-11(9-15-13-7-8-13)14-10-12-5-3-2-4-6-12/h2-6,11,13-15H,7-10H2,1H3. The quantitative estimate of drug-likeness (QED) is 0.739. The van der Waals surface area contributed by atoms with Crippen LogP contribution in [0, 0.1) is 0 Å². The molecule has 15 heavy (non-hydrogen) atoms. The van der Waals surface area contributed by atoms with E-state index in [4.69, 9.17) is 0 Å². The average molecular weight is 204 g/mol. The molecule has 0 amide bonds. The van der Waals surface area contributed by atoms with E-state index in [1.54, 1.807) is 0 Å². The van der Waals surface area contributed by atoms with E-state index in [9.17, 15) is 0 Å². The van der Waals surface area contributed by atoms with Crippen molar-refractivity contribution >= 4 is 0 Å². The van der Waals surface area contributed by atoms with Gasteiger partial charge in [-0.25, -0.2) is 0 Å². The lowest BCUT2D eigenvalue weighted by atomic mass is 10.2. The van der Waals surface area contributed by atoms with Gasteiger partial charge in [0.2, 0.25) is 0 Å². The lowest BCUT2D eigenvalue weighted by Gasteiger charge is -2.14. The number of benzene rings is 1. The van der Waals surface area contributed by atoms with Crippen LogP contribution in [0.2, 0.25) is 0 Å². The Balaban J connectivity index is 1.63. The van der Waals surface area contributed by atoms with Crippen LogP contribution in [-0.4, -0.2) is 18.6 Å². The third kappa shape index (κ3) is 4.02. The van der Waals surface area contributed by atoms with E-state index in [0.29, 0.717) is 6.04 Å². The Morgan fingerprint density at radius 1 is 1.27 bits per heavy atom. The molecule has 1 unspecified atom stereocenters. The highest BCUT2D eigenvalue weighted by Gasteiger charge is 2.20. The predicted octanol–water partition coefficient (Wildman–Crippen LogP) is 1.92. The molecule has 0 aliphatic heterocycles. The van der Waals surface area contributed by atoms with E-state index in [2.05, 4.69) is 47.9 Å². The third-order valence-corrected chi connectivity index (χ3v) is 2.79. The molecule has 0 radical (unpaired) electrons. The van der Waals surface area contributed by atoms with Gasteiger partial charge in [-0.3, -0.25) is 0 Å². The van der Waals surface area contributed by atoms with Crippen molar-refractivity contribution in [2.45, 2.75) is 38.4 Å². The van der Waals surface area contributed by atoms with Gasteiger partial charge in [0.15, 0.2) is 0 Å². The summed E-state index contributed by atoms with van der Waals surface area (Å²) < 4.78 is 0. The van der Waals surface area contributed by atoms with Crippen molar-refractivity contribution in [2.75, 3.05) is 6.54 Å². The summed E-state index contributed by atoms with van der Waals surface area (Å²) in [6, 6.07) is 11.9. The van der Waals surface area contributed by atoms with Crippen LogP contribution in [-0.2, 0) is 6.54 Å². The fourth-order valence-electron chi connectivity index (χ4n) is 1.59. The zero-order valence-electron chi connectivity index (χ0n) is 9.37. The van der Waals surface area contributed by atoms with Crippen LogP contribution in [0.5, 0.6) is 0 Å². The summed E-state index contributed by atoms with van der Waals surface area (Å²) in [6.45, 7) is 4.28. The Morgan fingerprint density at radius 2 is 2.00 bits per heavy atom. The van der Waals surface area contributed by atoms with Crippen molar-refractivity contribution in [2.24, 2.45) is 0 Å². The smallest absolute Gasteiger partial charge is 0.0208 e. The van der Waals surface area contributed by atoms with Crippen LogP contribution in [0.4, 0.5) is 0 Å². The minimum absolute atomic E-state index is 0.547. The minimum Gasteiger partial charge on any atom is -0.312 e. The molecule has 0 aromatic heterocycles. The fourth-order valence-corrected chi connectivity index (χ4v) is 1.59. The maximum atomic E-state index is 3.53. The Bertz CT molecular complexity index is 280. The fraction of sp³-hybridized carbons (Fsp3) is 0.538. The maximum Gasteiger partial charge on any atom is 0.0208 e. The van der Waals surface area contributed by atoms with Gasteiger partial charge in [-0.05, 0) is 25.3 Å².